The third-order valence-electron chi connectivity index (χ3n) is 4.43. The van der Waals surface area contributed by atoms with Crippen LogP contribution in [0.25, 0.3) is 0 Å². The molecule has 1 heterocycles. The normalized spacial score (nSPS) is 18.5. The molecule has 1 aliphatic rings. The molecule has 0 unspecified atom stereocenters. The maximum absolute atomic E-state index is 13.0. The van der Waals surface area contributed by atoms with Crippen molar-refractivity contribution in [1.82, 2.24) is 10.2 Å². The first-order chi connectivity index (χ1) is 13.0. The quantitative estimate of drug-likeness (QED) is 0.641. The lowest BCUT2D eigenvalue weighted by atomic mass is 9.97. The summed E-state index contributed by atoms with van der Waals surface area (Å²) in [7, 11) is 0. The second-order valence-corrected chi connectivity index (χ2v) is 6.71. The second-order valence-electron chi connectivity index (χ2n) is 6.71. The summed E-state index contributed by atoms with van der Waals surface area (Å²) in [5, 5.41) is 11.7. The number of carbonyl (C=O) groups excluding carboxylic acids is 3. The lowest BCUT2D eigenvalue weighted by molar-refractivity contribution is -0.136. The van der Waals surface area contributed by atoms with Crippen molar-refractivity contribution in [2.75, 3.05) is 13.2 Å². The minimum absolute atomic E-state index is 0.0863. The van der Waals surface area contributed by atoms with Crippen LogP contribution in [-0.2, 0) is 20.7 Å². The van der Waals surface area contributed by atoms with Crippen LogP contribution in [0.2, 0.25) is 0 Å². The van der Waals surface area contributed by atoms with Crippen molar-refractivity contribution in [2.45, 2.75) is 38.3 Å². The first-order valence-corrected chi connectivity index (χ1v) is 9.01. The number of nitrogens with zero attached hydrogens (tertiary/aromatic N) is 1. The molecule has 0 radical (unpaired) electrons. The van der Waals surface area contributed by atoms with E-state index < -0.39 is 30.0 Å². The third-order valence-corrected chi connectivity index (χ3v) is 4.43. The Hall–Kier alpha value is -2.67. The number of nitrogens with one attached hydrogen (secondary N) is 1. The van der Waals surface area contributed by atoms with Crippen molar-refractivity contribution in [2.24, 2.45) is 5.92 Å². The van der Waals surface area contributed by atoms with Crippen molar-refractivity contribution in [3.63, 3.8) is 0 Å². The molecule has 0 bridgehead atoms. The maximum atomic E-state index is 13.0. The third kappa shape index (κ3) is 5.65. The lowest BCUT2D eigenvalue weighted by Gasteiger charge is -2.24. The molecule has 2 N–H and O–H groups in total. The van der Waals surface area contributed by atoms with Crippen LogP contribution in [0.15, 0.2) is 43.0 Å². The van der Waals surface area contributed by atoms with Gasteiger partial charge in [-0.05, 0) is 25.3 Å². The standard InChI is InChI=1S/C20H26N2O5/c1-3-7-16(11-18(24)21-14(2)12-23)19(25)22-17(13-27-20(22)26)10-15-8-5-4-6-9-15/h3-6,8-9,14,16-17,23H,1,7,10-13H2,2H3,(H,21,24)/t14-,16+,17+/m0/s1. The highest BCUT2D eigenvalue weighted by atomic mass is 16.6. The minimum Gasteiger partial charge on any atom is -0.447 e. The van der Waals surface area contributed by atoms with Gasteiger partial charge in [-0.3, -0.25) is 9.59 Å². The van der Waals surface area contributed by atoms with E-state index in [1.807, 2.05) is 30.3 Å². The molecule has 0 aliphatic carbocycles. The Labute approximate surface area is 159 Å². The first-order valence-electron chi connectivity index (χ1n) is 9.01. The number of allylic oxidation sites excluding steroid dienone is 1. The van der Waals surface area contributed by atoms with E-state index in [0.717, 1.165) is 10.5 Å². The van der Waals surface area contributed by atoms with Gasteiger partial charge in [0.05, 0.1) is 18.6 Å². The largest absolute Gasteiger partial charge is 0.447 e. The molecule has 0 spiro atoms. The van der Waals surface area contributed by atoms with Crippen molar-refractivity contribution >= 4 is 17.9 Å². The van der Waals surface area contributed by atoms with Gasteiger partial charge in [-0.2, -0.15) is 0 Å². The monoisotopic (exact) mass is 374 g/mol. The fourth-order valence-corrected chi connectivity index (χ4v) is 3.04. The van der Waals surface area contributed by atoms with Gasteiger partial charge in [0.1, 0.15) is 6.61 Å². The first kappa shape index (κ1) is 20.6. The maximum Gasteiger partial charge on any atom is 0.416 e. The SMILES string of the molecule is C=CC[C@H](CC(=O)N[C@@H](C)CO)C(=O)N1C(=O)OC[C@H]1Cc1ccccc1. The zero-order chi connectivity index (χ0) is 19.8. The van der Waals surface area contributed by atoms with Crippen LogP contribution in [-0.4, -0.2) is 53.2 Å². The fourth-order valence-electron chi connectivity index (χ4n) is 3.04. The van der Waals surface area contributed by atoms with Crippen LogP contribution in [0, 0.1) is 5.92 Å². The van der Waals surface area contributed by atoms with Crippen LogP contribution < -0.4 is 5.32 Å². The zero-order valence-corrected chi connectivity index (χ0v) is 15.5. The molecule has 1 aromatic carbocycles. The van der Waals surface area contributed by atoms with E-state index in [1.165, 1.54) is 0 Å². The number of rotatable bonds is 9. The molecule has 1 aliphatic heterocycles. The number of amides is 3. The number of aliphatic hydroxyl groups excluding tert-OH is 1. The van der Waals surface area contributed by atoms with Gasteiger partial charge >= 0.3 is 6.09 Å². The fraction of sp³-hybridized carbons (Fsp3) is 0.450. The van der Waals surface area contributed by atoms with Crippen LogP contribution in [0.4, 0.5) is 4.79 Å². The highest BCUT2D eigenvalue weighted by molar-refractivity contribution is 5.96. The number of aliphatic hydroxyl groups is 1. The van der Waals surface area contributed by atoms with E-state index in [1.54, 1.807) is 13.0 Å². The molecule has 7 heteroatoms. The van der Waals surface area contributed by atoms with Gasteiger partial charge in [-0.25, -0.2) is 9.69 Å². The van der Waals surface area contributed by atoms with E-state index in [4.69, 9.17) is 9.84 Å². The second kappa shape index (κ2) is 9.87. The average Bonchev–Trinajstić information content (AvgIpc) is 3.01. The Kier molecular flexibility index (Phi) is 7.55. The summed E-state index contributed by atoms with van der Waals surface area (Å²) in [6.07, 6.45) is 1.55. The highest BCUT2D eigenvalue weighted by Crippen LogP contribution is 2.23. The van der Waals surface area contributed by atoms with Gasteiger partial charge in [-0.1, -0.05) is 36.4 Å². The molecule has 3 atom stereocenters. The Morgan fingerprint density at radius 3 is 2.74 bits per heavy atom. The number of imide groups is 1. The van der Waals surface area contributed by atoms with Gasteiger partial charge in [0.15, 0.2) is 0 Å². The number of benzene rings is 1. The Morgan fingerprint density at radius 1 is 1.41 bits per heavy atom. The van der Waals surface area contributed by atoms with E-state index in [9.17, 15) is 14.4 Å². The molecule has 3 amide bonds. The molecular formula is C20H26N2O5. The molecule has 2 rings (SSSR count). The van der Waals surface area contributed by atoms with Crippen LogP contribution in [0.5, 0.6) is 0 Å². The summed E-state index contributed by atoms with van der Waals surface area (Å²) in [5.41, 5.74) is 0.994. The number of hydrogen-bond acceptors (Lipinski definition) is 5. The lowest BCUT2D eigenvalue weighted by Crippen LogP contribution is -2.45. The van der Waals surface area contributed by atoms with Crippen LogP contribution in [0.1, 0.15) is 25.3 Å². The van der Waals surface area contributed by atoms with Crippen molar-refractivity contribution in [3.8, 4) is 0 Å². The summed E-state index contributed by atoms with van der Waals surface area (Å²) < 4.78 is 5.09. The molecule has 1 saturated heterocycles. The topological polar surface area (TPSA) is 95.9 Å². The minimum atomic E-state index is -0.711. The van der Waals surface area contributed by atoms with Crippen LogP contribution in [0.3, 0.4) is 0 Å². The summed E-state index contributed by atoms with van der Waals surface area (Å²) in [5.74, 6) is -1.51. The Balaban J connectivity index is 2.10. The number of ether oxygens (including phenoxy) is 1. The molecule has 0 aromatic heterocycles. The Morgan fingerprint density at radius 2 is 2.11 bits per heavy atom. The van der Waals surface area contributed by atoms with Gasteiger partial charge in [0, 0.05) is 12.5 Å². The smallest absolute Gasteiger partial charge is 0.416 e. The van der Waals surface area contributed by atoms with E-state index in [0.29, 0.717) is 6.42 Å². The molecule has 27 heavy (non-hydrogen) atoms. The van der Waals surface area contributed by atoms with Crippen molar-refractivity contribution in [1.29, 1.82) is 0 Å². The molecular weight excluding hydrogens is 348 g/mol. The molecule has 146 valence electrons. The Bertz CT molecular complexity index is 676. The van der Waals surface area contributed by atoms with E-state index >= 15 is 0 Å². The predicted octanol–water partition coefficient (Wildman–Crippen LogP) is 1.66. The number of hydrogen-bond donors (Lipinski definition) is 2. The predicted molar refractivity (Wildman–Crippen MR) is 99.7 cm³/mol. The molecule has 7 nitrogen and oxygen atoms in total. The van der Waals surface area contributed by atoms with Gasteiger partial charge in [-0.15, -0.1) is 6.58 Å². The van der Waals surface area contributed by atoms with Crippen molar-refractivity contribution < 1.29 is 24.2 Å². The molecule has 0 saturated carbocycles. The van der Waals surface area contributed by atoms with Gasteiger partial charge in [0.25, 0.3) is 0 Å². The zero-order valence-electron chi connectivity index (χ0n) is 15.5. The molecule has 1 aromatic rings. The van der Waals surface area contributed by atoms with Crippen LogP contribution >= 0.6 is 0 Å². The summed E-state index contributed by atoms with van der Waals surface area (Å²) in [4.78, 5) is 38.4. The van der Waals surface area contributed by atoms with E-state index in [2.05, 4.69) is 11.9 Å². The molecule has 1 fully saturated rings. The summed E-state index contributed by atoms with van der Waals surface area (Å²) in [6.45, 7) is 5.25. The van der Waals surface area contributed by atoms with Gasteiger partial charge < -0.3 is 15.2 Å². The summed E-state index contributed by atoms with van der Waals surface area (Å²) >= 11 is 0. The average molecular weight is 374 g/mol. The highest BCUT2D eigenvalue weighted by Gasteiger charge is 2.40. The number of cyclic esters (lactones) is 1. The summed E-state index contributed by atoms with van der Waals surface area (Å²) in [6, 6.07) is 8.74. The van der Waals surface area contributed by atoms with Gasteiger partial charge in [0.2, 0.25) is 11.8 Å². The van der Waals surface area contributed by atoms with Crippen molar-refractivity contribution in [3.05, 3.63) is 48.6 Å². The number of carbonyl (C=O) groups is 3. The van der Waals surface area contributed by atoms with E-state index in [-0.39, 0.29) is 32.0 Å².